The summed E-state index contributed by atoms with van der Waals surface area (Å²) in [6.07, 6.45) is 0. The number of benzene rings is 1. The van der Waals surface area contributed by atoms with Gasteiger partial charge in [-0.2, -0.15) is 0 Å². The molecule has 4 nitrogen and oxygen atoms in total. The standard InChI is InChI=1S/C12H14Cl2N2O2S/c1-6(2)10(11(17)16-12(15)18)19-9-5-7(13)3-4-8(9)14/h3-6,10H,1-2H3,(H3,15,16,17,18). The smallest absolute Gasteiger partial charge is 0.318 e. The van der Waals surface area contributed by atoms with Crippen LogP contribution in [0.2, 0.25) is 10.0 Å². The molecule has 1 aromatic carbocycles. The number of halogens is 2. The monoisotopic (exact) mass is 320 g/mol. The molecule has 0 fully saturated rings. The van der Waals surface area contributed by atoms with Crippen LogP contribution in [-0.4, -0.2) is 17.2 Å². The molecular weight excluding hydrogens is 307 g/mol. The number of amides is 3. The number of carbonyl (C=O) groups excluding carboxylic acids is 2. The second-order valence-corrected chi connectivity index (χ2v) is 6.24. The molecule has 1 unspecified atom stereocenters. The summed E-state index contributed by atoms with van der Waals surface area (Å²) in [6, 6.07) is 4.15. The van der Waals surface area contributed by atoms with Crippen LogP contribution in [0.5, 0.6) is 0 Å². The number of urea groups is 1. The predicted molar refractivity (Wildman–Crippen MR) is 78.7 cm³/mol. The maximum atomic E-state index is 11.9. The van der Waals surface area contributed by atoms with E-state index in [1.54, 1.807) is 18.2 Å². The molecular formula is C12H14Cl2N2O2S. The number of nitrogens with one attached hydrogen (secondary N) is 1. The highest BCUT2D eigenvalue weighted by molar-refractivity contribution is 8.00. The highest BCUT2D eigenvalue weighted by atomic mass is 35.5. The van der Waals surface area contributed by atoms with Gasteiger partial charge in [0.05, 0.1) is 10.3 Å². The molecule has 0 bridgehead atoms. The van der Waals surface area contributed by atoms with Crippen LogP contribution < -0.4 is 11.1 Å². The number of thioether (sulfide) groups is 1. The highest BCUT2D eigenvalue weighted by Crippen LogP contribution is 2.35. The van der Waals surface area contributed by atoms with Crippen molar-refractivity contribution in [3.05, 3.63) is 28.2 Å². The van der Waals surface area contributed by atoms with Gasteiger partial charge in [0.1, 0.15) is 0 Å². The van der Waals surface area contributed by atoms with E-state index in [0.29, 0.717) is 14.9 Å². The molecule has 0 aliphatic carbocycles. The number of nitrogens with two attached hydrogens (primary N) is 1. The molecule has 0 spiro atoms. The van der Waals surface area contributed by atoms with E-state index >= 15 is 0 Å². The predicted octanol–water partition coefficient (Wildman–Crippen LogP) is 3.31. The minimum atomic E-state index is -0.867. The second kappa shape index (κ2) is 7.03. The lowest BCUT2D eigenvalue weighted by molar-refractivity contribution is -0.120. The lowest BCUT2D eigenvalue weighted by atomic mass is 10.1. The Balaban J connectivity index is 2.92. The van der Waals surface area contributed by atoms with Crippen molar-refractivity contribution in [2.75, 3.05) is 0 Å². The Morgan fingerprint density at radius 1 is 1.32 bits per heavy atom. The van der Waals surface area contributed by atoms with Crippen molar-refractivity contribution in [3.8, 4) is 0 Å². The molecule has 3 N–H and O–H groups in total. The van der Waals surface area contributed by atoms with E-state index in [-0.39, 0.29) is 5.92 Å². The molecule has 104 valence electrons. The average Bonchev–Trinajstić information content (AvgIpc) is 2.28. The zero-order chi connectivity index (χ0) is 14.6. The Kier molecular flexibility index (Phi) is 5.97. The first kappa shape index (κ1) is 16.1. The maximum absolute atomic E-state index is 11.9. The van der Waals surface area contributed by atoms with Gasteiger partial charge < -0.3 is 5.73 Å². The Bertz CT molecular complexity index is 495. The molecule has 0 aromatic heterocycles. The average molecular weight is 321 g/mol. The van der Waals surface area contributed by atoms with E-state index in [9.17, 15) is 9.59 Å². The lowest BCUT2D eigenvalue weighted by Crippen LogP contribution is -2.42. The van der Waals surface area contributed by atoms with Crippen LogP contribution in [0.1, 0.15) is 13.8 Å². The third-order valence-electron chi connectivity index (χ3n) is 2.26. The fourth-order valence-electron chi connectivity index (χ4n) is 1.39. The summed E-state index contributed by atoms with van der Waals surface area (Å²) >= 11 is 13.2. The number of hydrogen-bond donors (Lipinski definition) is 2. The van der Waals surface area contributed by atoms with Gasteiger partial charge in [-0.15, -0.1) is 11.8 Å². The highest BCUT2D eigenvalue weighted by Gasteiger charge is 2.25. The molecule has 3 amide bonds. The Morgan fingerprint density at radius 3 is 2.47 bits per heavy atom. The van der Waals surface area contributed by atoms with Gasteiger partial charge in [0.15, 0.2) is 0 Å². The zero-order valence-electron chi connectivity index (χ0n) is 10.4. The van der Waals surface area contributed by atoms with E-state index in [1.807, 2.05) is 13.8 Å². The lowest BCUT2D eigenvalue weighted by Gasteiger charge is -2.19. The van der Waals surface area contributed by atoms with Crippen LogP contribution in [0.15, 0.2) is 23.1 Å². The van der Waals surface area contributed by atoms with Crippen LogP contribution in [0.3, 0.4) is 0 Å². The fourth-order valence-corrected chi connectivity index (χ4v) is 2.96. The van der Waals surface area contributed by atoms with E-state index in [2.05, 4.69) is 5.32 Å². The van der Waals surface area contributed by atoms with E-state index in [0.717, 1.165) is 0 Å². The van der Waals surface area contributed by atoms with Crippen molar-refractivity contribution in [2.24, 2.45) is 11.7 Å². The summed E-state index contributed by atoms with van der Waals surface area (Å²) in [5.74, 6) is -0.442. The third kappa shape index (κ3) is 4.93. The first-order chi connectivity index (χ1) is 8.81. The maximum Gasteiger partial charge on any atom is 0.318 e. The molecule has 0 aliphatic rings. The minimum Gasteiger partial charge on any atom is -0.351 e. The summed E-state index contributed by atoms with van der Waals surface area (Å²) in [5, 5.41) is 2.64. The van der Waals surface area contributed by atoms with Gasteiger partial charge in [-0.1, -0.05) is 37.0 Å². The molecule has 0 heterocycles. The van der Waals surface area contributed by atoms with Crippen LogP contribution in [-0.2, 0) is 4.79 Å². The topological polar surface area (TPSA) is 72.2 Å². The molecule has 0 aliphatic heterocycles. The molecule has 19 heavy (non-hydrogen) atoms. The number of imide groups is 1. The summed E-state index contributed by atoms with van der Waals surface area (Å²) in [5.41, 5.74) is 4.95. The van der Waals surface area contributed by atoms with Crippen molar-refractivity contribution in [1.29, 1.82) is 0 Å². The molecule has 1 atom stereocenters. The van der Waals surface area contributed by atoms with Gasteiger partial charge >= 0.3 is 6.03 Å². The van der Waals surface area contributed by atoms with Gasteiger partial charge in [0, 0.05) is 9.92 Å². The number of hydrogen-bond acceptors (Lipinski definition) is 3. The van der Waals surface area contributed by atoms with Gasteiger partial charge in [-0.05, 0) is 24.1 Å². The van der Waals surface area contributed by atoms with E-state index in [1.165, 1.54) is 11.8 Å². The first-order valence-electron chi connectivity index (χ1n) is 5.53. The normalized spacial score (nSPS) is 12.3. The van der Waals surface area contributed by atoms with Gasteiger partial charge in [-0.25, -0.2) is 4.79 Å². The fraction of sp³-hybridized carbons (Fsp3) is 0.333. The second-order valence-electron chi connectivity index (χ2n) is 4.21. The number of primary amides is 1. The van der Waals surface area contributed by atoms with Crippen LogP contribution in [0.25, 0.3) is 0 Å². The zero-order valence-corrected chi connectivity index (χ0v) is 12.8. The van der Waals surface area contributed by atoms with Crippen LogP contribution in [0.4, 0.5) is 4.79 Å². The van der Waals surface area contributed by atoms with Gasteiger partial charge in [-0.3, -0.25) is 10.1 Å². The van der Waals surface area contributed by atoms with Crippen molar-refractivity contribution in [1.82, 2.24) is 5.32 Å². The minimum absolute atomic E-state index is 0.000557. The van der Waals surface area contributed by atoms with Crippen molar-refractivity contribution in [3.63, 3.8) is 0 Å². The summed E-state index contributed by atoms with van der Waals surface area (Å²) < 4.78 is 0. The van der Waals surface area contributed by atoms with E-state index in [4.69, 9.17) is 28.9 Å². The molecule has 1 rings (SSSR count). The Morgan fingerprint density at radius 2 is 1.95 bits per heavy atom. The molecule has 7 heteroatoms. The third-order valence-corrected chi connectivity index (χ3v) is 4.54. The summed E-state index contributed by atoms with van der Waals surface area (Å²) in [7, 11) is 0. The molecule has 1 aromatic rings. The van der Waals surface area contributed by atoms with Gasteiger partial charge in [0.25, 0.3) is 0 Å². The molecule has 0 saturated carbocycles. The quantitative estimate of drug-likeness (QED) is 0.836. The van der Waals surface area contributed by atoms with Crippen LogP contribution in [0, 0.1) is 5.92 Å². The number of carbonyl (C=O) groups is 2. The summed E-state index contributed by atoms with van der Waals surface area (Å²) in [4.78, 5) is 23.3. The SMILES string of the molecule is CC(C)C(Sc1cc(Cl)ccc1Cl)C(=O)NC(N)=O. The van der Waals surface area contributed by atoms with E-state index < -0.39 is 17.2 Å². The largest absolute Gasteiger partial charge is 0.351 e. The van der Waals surface area contributed by atoms with Crippen molar-refractivity contribution >= 4 is 46.9 Å². The van der Waals surface area contributed by atoms with Gasteiger partial charge in [0.2, 0.25) is 5.91 Å². The number of rotatable bonds is 4. The Labute approximate surface area is 126 Å². The molecule has 0 radical (unpaired) electrons. The Hall–Kier alpha value is -0.910. The summed E-state index contributed by atoms with van der Waals surface area (Å²) in [6.45, 7) is 3.74. The van der Waals surface area contributed by atoms with Crippen LogP contribution >= 0.6 is 35.0 Å². The van der Waals surface area contributed by atoms with Crippen molar-refractivity contribution < 1.29 is 9.59 Å². The first-order valence-corrected chi connectivity index (χ1v) is 7.17. The molecule has 0 saturated heterocycles. The van der Waals surface area contributed by atoms with Crippen molar-refractivity contribution in [2.45, 2.75) is 24.0 Å².